The lowest BCUT2D eigenvalue weighted by atomic mass is 10.1. The standard InChI is InChI=1S/C20H18N4O2/c1-12-15(6-4-10-21-12)20(25)24-16-7-3-2-5-14(16)11-17(24)19-22-18(23-26-19)13-8-9-13/h2-7,10,13,17H,8-9,11H2,1H3/t17-/m0/s1. The molecular weight excluding hydrogens is 328 g/mol. The Bertz CT molecular complexity index is 993. The normalized spacial score (nSPS) is 18.8. The van der Waals surface area contributed by atoms with Crippen molar-refractivity contribution in [2.45, 2.75) is 38.1 Å². The highest BCUT2D eigenvalue weighted by Crippen LogP contribution is 2.43. The summed E-state index contributed by atoms with van der Waals surface area (Å²) in [7, 11) is 0. The van der Waals surface area contributed by atoms with E-state index in [9.17, 15) is 4.79 Å². The van der Waals surface area contributed by atoms with Crippen LogP contribution < -0.4 is 4.90 Å². The number of rotatable bonds is 3. The molecule has 6 nitrogen and oxygen atoms in total. The molecular formula is C20H18N4O2. The van der Waals surface area contributed by atoms with Crippen LogP contribution in [0.4, 0.5) is 5.69 Å². The molecule has 6 heteroatoms. The van der Waals surface area contributed by atoms with Gasteiger partial charge in [-0.05, 0) is 43.5 Å². The molecule has 2 aromatic heterocycles. The smallest absolute Gasteiger partial charge is 0.260 e. The van der Waals surface area contributed by atoms with Crippen molar-refractivity contribution in [2.75, 3.05) is 4.90 Å². The van der Waals surface area contributed by atoms with Crippen LogP contribution in [0.2, 0.25) is 0 Å². The maximum absolute atomic E-state index is 13.4. The summed E-state index contributed by atoms with van der Waals surface area (Å²) in [6.07, 6.45) is 4.59. The van der Waals surface area contributed by atoms with Crippen LogP contribution in [-0.2, 0) is 6.42 Å². The van der Waals surface area contributed by atoms with Gasteiger partial charge in [-0.15, -0.1) is 0 Å². The number of hydrogen-bond donors (Lipinski definition) is 0. The van der Waals surface area contributed by atoms with Crippen molar-refractivity contribution < 1.29 is 9.32 Å². The number of carbonyl (C=O) groups is 1. The molecule has 1 aromatic carbocycles. The zero-order chi connectivity index (χ0) is 17.7. The summed E-state index contributed by atoms with van der Waals surface area (Å²) < 4.78 is 5.56. The van der Waals surface area contributed by atoms with E-state index in [-0.39, 0.29) is 11.9 Å². The van der Waals surface area contributed by atoms with Gasteiger partial charge in [0.05, 0.1) is 5.56 Å². The van der Waals surface area contributed by atoms with Gasteiger partial charge >= 0.3 is 0 Å². The molecule has 3 aromatic rings. The van der Waals surface area contributed by atoms with Gasteiger partial charge in [0, 0.05) is 29.9 Å². The van der Waals surface area contributed by atoms with Gasteiger partial charge in [-0.3, -0.25) is 14.7 Å². The fourth-order valence-corrected chi connectivity index (χ4v) is 3.56. The highest BCUT2D eigenvalue weighted by molar-refractivity contribution is 6.08. The van der Waals surface area contributed by atoms with Crippen molar-refractivity contribution in [1.82, 2.24) is 15.1 Å². The van der Waals surface area contributed by atoms with E-state index in [0.29, 0.717) is 29.5 Å². The van der Waals surface area contributed by atoms with Crippen molar-refractivity contribution in [1.29, 1.82) is 0 Å². The average molecular weight is 346 g/mol. The Balaban J connectivity index is 1.57. The van der Waals surface area contributed by atoms with Crippen LogP contribution in [0.3, 0.4) is 0 Å². The molecule has 3 heterocycles. The highest BCUT2D eigenvalue weighted by Gasteiger charge is 2.40. The van der Waals surface area contributed by atoms with E-state index in [1.54, 1.807) is 17.2 Å². The molecule has 0 bridgehead atoms. The van der Waals surface area contributed by atoms with E-state index < -0.39 is 0 Å². The molecule has 1 amide bonds. The summed E-state index contributed by atoms with van der Waals surface area (Å²) in [5.74, 6) is 1.61. The van der Waals surface area contributed by atoms with Crippen molar-refractivity contribution in [3.63, 3.8) is 0 Å². The molecule has 0 saturated heterocycles. The SMILES string of the molecule is Cc1ncccc1C(=O)N1c2ccccc2C[C@H]1c1nc(C2CC2)no1. The Hall–Kier alpha value is -3.02. The van der Waals surface area contributed by atoms with Crippen molar-refractivity contribution in [2.24, 2.45) is 0 Å². The number of aromatic nitrogens is 3. The third kappa shape index (κ3) is 2.41. The summed E-state index contributed by atoms with van der Waals surface area (Å²) >= 11 is 0. The van der Waals surface area contributed by atoms with E-state index >= 15 is 0 Å². The van der Waals surface area contributed by atoms with Gasteiger partial charge in [0.25, 0.3) is 5.91 Å². The van der Waals surface area contributed by atoms with Crippen LogP contribution in [0.25, 0.3) is 0 Å². The van der Waals surface area contributed by atoms with E-state index in [4.69, 9.17) is 4.52 Å². The predicted octanol–water partition coefficient (Wildman–Crippen LogP) is 3.59. The Morgan fingerprint density at radius 1 is 1.19 bits per heavy atom. The molecule has 5 rings (SSSR count). The molecule has 1 aliphatic heterocycles. The third-order valence-corrected chi connectivity index (χ3v) is 5.12. The van der Waals surface area contributed by atoms with Crippen LogP contribution in [0.1, 0.15) is 58.1 Å². The van der Waals surface area contributed by atoms with Gasteiger partial charge in [-0.25, -0.2) is 0 Å². The largest absolute Gasteiger partial charge is 0.337 e. The van der Waals surface area contributed by atoms with Crippen LogP contribution >= 0.6 is 0 Å². The van der Waals surface area contributed by atoms with E-state index in [1.165, 1.54) is 0 Å². The first-order valence-electron chi connectivity index (χ1n) is 8.89. The minimum absolute atomic E-state index is 0.0864. The lowest BCUT2D eigenvalue weighted by molar-refractivity contribution is 0.0973. The number of pyridine rings is 1. The second kappa shape index (κ2) is 5.76. The van der Waals surface area contributed by atoms with Gasteiger partial charge in [-0.2, -0.15) is 4.98 Å². The molecule has 0 radical (unpaired) electrons. The topological polar surface area (TPSA) is 72.1 Å². The van der Waals surface area contributed by atoms with Gasteiger partial charge in [0.1, 0.15) is 6.04 Å². The predicted molar refractivity (Wildman–Crippen MR) is 94.9 cm³/mol. The monoisotopic (exact) mass is 346 g/mol. The second-order valence-corrected chi connectivity index (χ2v) is 6.93. The Morgan fingerprint density at radius 3 is 2.85 bits per heavy atom. The average Bonchev–Trinajstić information content (AvgIpc) is 3.26. The number of aryl methyl sites for hydroxylation is 1. The molecule has 1 saturated carbocycles. The summed E-state index contributed by atoms with van der Waals surface area (Å²) in [4.78, 5) is 24.0. The van der Waals surface area contributed by atoms with Gasteiger partial charge in [0.15, 0.2) is 5.82 Å². The quantitative estimate of drug-likeness (QED) is 0.724. The maximum Gasteiger partial charge on any atom is 0.260 e. The summed E-state index contributed by atoms with van der Waals surface area (Å²) in [5.41, 5.74) is 3.32. The van der Waals surface area contributed by atoms with Crippen LogP contribution in [0.15, 0.2) is 47.1 Å². The number of fused-ring (bicyclic) bond motifs is 1. The van der Waals surface area contributed by atoms with E-state index in [0.717, 1.165) is 29.9 Å². The summed E-state index contributed by atoms with van der Waals surface area (Å²) in [6.45, 7) is 1.85. The molecule has 1 fully saturated rings. The van der Waals surface area contributed by atoms with Crippen molar-refractivity contribution in [3.05, 3.63) is 71.1 Å². The van der Waals surface area contributed by atoms with Gasteiger partial charge in [-0.1, -0.05) is 23.4 Å². The fraction of sp³-hybridized carbons (Fsp3) is 0.300. The number of anilines is 1. The van der Waals surface area contributed by atoms with E-state index in [2.05, 4.69) is 15.1 Å². The first kappa shape index (κ1) is 15.3. The molecule has 26 heavy (non-hydrogen) atoms. The van der Waals surface area contributed by atoms with Crippen molar-refractivity contribution in [3.8, 4) is 0 Å². The lowest BCUT2D eigenvalue weighted by Crippen LogP contribution is -2.33. The van der Waals surface area contributed by atoms with Gasteiger partial charge < -0.3 is 4.52 Å². The van der Waals surface area contributed by atoms with Crippen LogP contribution in [0.5, 0.6) is 0 Å². The number of benzene rings is 1. The Morgan fingerprint density at radius 2 is 2.04 bits per heavy atom. The maximum atomic E-state index is 13.4. The molecule has 2 aliphatic rings. The minimum atomic E-state index is -0.278. The molecule has 0 N–H and O–H groups in total. The molecule has 1 atom stereocenters. The second-order valence-electron chi connectivity index (χ2n) is 6.93. The van der Waals surface area contributed by atoms with Crippen LogP contribution in [-0.4, -0.2) is 21.0 Å². The number of hydrogen-bond acceptors (Lipinski definition) is 5. The lowest BCUT2D eigenvalue weighted by Gasteiger charge is -2.23. The number of carbonyl (C=O) groups excluding carboxylic acids is 1. The summed E-state index contributed by atoms with van der Waals surface area (Å²) in [5, 5.41) is 4.13. The Labute approximate surface area is 150 Å². The Kier molecular flexibility index (Phi) is 3.38. The minimum Gasteiger partial charge on any atom is -0.337 e. The molecule has 0 unspecified atom stereocenters. The fourth-order valence-electron chi connectivity index (χ4n) is 3.56. The third-order valence-electron chi connectivity index (χ3n) is 5.12. The number of amides is 1. The van der Waals surface area contributed by atoms with Crippen LogP contribution in [0, 0.1) is 6.92 Å². The molecule has 130 valence electrons. The summed E-state index contributed by atoms with van der Waals surface area (Å²) in [6, 6.07) is 11.3. The highest BCUT2D eigenvalue weighted by atomic mass is 16.5. The zero-order valence-corrected chi connectivity index (χ0v) is 14.4. The van der Waals surface area contributed by atoms with E-state index in [1.807, 2.05) is 37.3 Å². The number of nitrogens with zero attached hydrogens (tertiary/aromatic N) is 4. The first-order chi connectivity index (χ1) is 12.7. The zero-order valence-electron chi connectivity index (χ0n) is 14.4. The molecule has 1 aliphatic carbocycles. The first-order valence-corrected chi connectivity index (χ1v) is 8.89. The van der Waals surface area contributed by atoms with Crippen molar-refractivity contribution >= 4 is 11.6 Å². The molecule has 0 spiro atoms. The number of para-hydroxylation sites is 1. The van der Waals surface area contributed by atoms with Gasteiger partial charge in [0.2, 0.25) is 5.89 Å².